The van der Waals surface area contributed by atoms with Crippen molar-refractivity contribution in [3.05, 3.63) is 75.2 Å². The molecule has 30 heavy (non-hydrogen) atoms. The fourth-order valence-corrected chi connectivity index (χ4v) is 4.43. The van der Waals surface area contributed by atoms with Crippen LogP contribution in [0.1, 0.15) is 16.3 Å². The molecule has 0 spiro atoms. The maximum Gasteiger partial charge on any atom is 0.231 e. The van der Waals surface area contributed by atoms with E-state index in [0.717, 1.165) is 27.6 Å². The number of nitrogens with zero attached hydrogens (tertiary/aromatic N) is 5. The molecule has 0 atom stereocenters. The van der Waals surface area contributed by atoms with Gasteiger partial charge in [0.15, 0.2) is 0 Å². The van der Waals surface area contributed by atoms with Crippen LogP contribution in [0.5, 0.6) is 0 Å². The van der Waals surface area contributed by atoms with Gasteiger partial charge in [-0.3, -0.25) is 4.79 Å². The van der Waals surface area contributed by atoms with E-state index >= 15 is 0 Å². The molecule has 0 aliphatic rings. The molecule has 0 saturated heterocycles. The van der Waals surface area contributed by atoms with Crippen LogP contribution in [-0.2, 0) is 17.0 Å². The highest BCUT2D eigenvalue weighted by Gasteiger charge is 2.12. The quantitative estimate of drug-likeness (QED) is 0.410. The van der Waals surface area contributed by atoms with Gasteiger partial charge in [0.2, 0.25) is 11.1 Å². The first-order valence-electron chi connectivity index (χ1n) is 9.04. The smallest absolute Gasteiger partial charge is 0.231 e. The van der Waals surface area contributed by atoms with Crippen molar-refractivity contribution in [3.8, 4) is 5.69 Å². The summed E-state index contributed by atoms with van der Waals surface area (Å²) in [6.45, 7) is 2.01. The van der Waals surface area contributed by atoms with Gasteiger partial charge in [-0.05, 0) is 53.7 Å². The fraction of sp³-hybridized carbons (Fsp3) is 0.150. The zero-order valence-electron chi connectivity index (χ0n) is 15.9. The van der Waals surface area contributed by atoms with Gasteiger partial charge < -0.3 is 5.32 Å². The number of carbonyl (C=O) groups excluding carboxylic acids is 1. The Labute approximate surface area is 186 Å². The van der Waals surface area contributed by atoms with E-state index in [0.29, 0.717) is 15.9 Å². The SMILES string of the molecule is Cc1ccc(NC(=O)Cc2nc(CSc3nnnn3-c3ccc(Cl)cc3)cs2)cc1. The lowest BCUT2D eigenvalue weighted by atomic mass is 10.2. The van der Waals surface area contributed by atoms with E-state index in [1.165, 1.54) is 23.1 Å². The lowest BCUT2D eigenvalue weighted by Crippen LogP contribution is -2.14. The van der Waals surface area contributed by atoms with Crippen molar-refractivity contribution in [3.63, 3.8) is 0 Å². The molecular weight excluding hydrogens is 440 g/mol. The van der Waals surface area contributed by atoms with Crippen LogP contribution in [0.25, 0.3) is 5.69 Å². The molecule has 2 aromatic heterocycles. The molecule has 0 aliphatic carbocycles. The first-order chi connectivity index (χ1) is 14.6. The fourth-order valence-electron chi connectivity index (χ4n) is 2.63. The summed E-state index contributed by atoms with van der Waals surface area (Å²) in [5.74, 6) is 0.517. The number of anilines is 1. The molecule has 2 heterocycles. The van der Waals surface area contributed by atoms with Crippen molar-refractivity contribution in [2.75, 3.05) is 5.32 Å². The Morgan fingerprint density at radius 3 is 2.70 bits per heavy atom. The molecule has 1 N–H and O–H groups in total. The standard InChI is InChI=1S/C20H17ClN6OS2/c1-13-2-6-15(7-3-13)22-18(28)10-19-23-16(11-29-19)12-30-20-24-25-26-27(20)17-8-4-14(21)5-9-17/h2-9,11H,10,12H2,1H3,(H,22,28). The number of amides is 1. The van der Waals surface area contributed by atoms with Crippen LogP contribution >= 0.6 is 34.7 Å². The number of rotatable bonds is 7. The average Bonchev–Trinajstić information content (AvgIpc) is 3.38. The first kappa shape index (κ1) is 20.5. The third-order valence-corrected chi connectivity index (χ3v) is 6.21. The Morgan fingerprint density at radius 1 is 1.17 bits per heavy atom. The van der Waals surface area contributed by atoms with Gasteiger partial charge in [0, 0.05) is 21.8 Å². The number of benzene rings is 2. The van der Waals surface area contributed by atoms with Crippen molar-refractivity contribution in [2.45, 2.75) is 24.3 Å². The zero-order chi connectivity index (χ0) is 20.9. The van der Waals surface area contributed by atoms with Crippen LogP contribution in [0.15, 0.2) is 59.1 Å². The van der Waals surface area contributed by atoms with E-state index in [-0.39, 0.29) is 12.3 Å². The number of tetrazole rings is 1. The van der Waals surface area contributed by atoms with Crippen molar-refractivity contribution in [1.29, 1.82) is 0 Å². The maximum atomic E-state index is 12.3. The van der Waals surface area contributed by atoms with Crippen molar-refractivity contribution >= 4 is 46.3 Å². The Bertz CT molecular complexity index is 1140. The number of aryl methyl sites for hydroxylation is 1. The molecule has 10 heteroatoms. The zero-order valence-corrected chi connectivity index (χ0v) is 18.3. The number of thiazole rings is 1. The predicted octanol–water partition coefficient (Wildman–Crippen LogP) is 4.55. The highest BCUT2D eigenvalue weighted by molar-refractivity contribution is 7.98. The number of nitrogens with one attached hydrogen (secondary N) is 1. The van der Waals surface area contributed by atoms with Gasteiger partial charge in [-0.2, -0.15) is 4.68 Å². The van der Waals surface area contributed by atoms with E-state index in [2.05, 4.69) is 25.8 Å². The first-order valence-corrected chi connectivity index (χ1v) is 11.3. The molecule has 2 aromatic carbocycles. The summed E-state index contributed by atoms with van der Waals surface area (Å²) in [6, 6.07) is 15.0. The minimum Gasteiger partial charge on any atom is -0.326 e. The average molecular weight is 457 g/mol. The van der Waals surface area contributed by atoms with Crippen molar-refractivity contribution in [2.24, 2.45) is 0 Å². The van der Waals surface area contributed by atoms with Crippen molar-refractivity contribution < 1.29 is 4.79 Å². The molecule has 152 valence electrons. The van der Waals surface area contributed by atoms with Crippen LogP contribution < -0.4 is 5.32 Å². The summed E-state index contributed by atoms with van der Waals surface area (Å²) in [5, 5.41) is 18.8. The van der Waals surface area contributed by atoms with E-state index in [1.54, 1.807) is 16.8 Å². The lowest BCUT2D eigenvalue weighted by Gasteiger charge is -2.04. The summed E-state index contributed by atoms with van der Waals surface area (Å²) in [4.78, 5) is 16.8. The Kier molecular flexibility index (Phi) is 6.41. The molecule has 0 aliphatic heterocycles. The number of hydrogen-bond donors (Lipinski definition) is 1. The number of thioether (sulfide) groups is 1. The summed E-state index contributed by atoms with van der Waals surface area (Å²) in [6.07, 6.45) is 0.242. The van der Waals surface area contributed by atoms with E-state index in [4.69, 9.17) is 11.6 Å². The van der Waals surface area contributed by atoms with Crippen molar-refractivity contribution in [1.82, 2.24) is 25.2 Å². The van der Waals surface area contributed by atoms with Gasteiger partial charge in [0.25, 0.3) is 0 Å². The van der Waals surface area contributed by atoms with Crippen LogP contribution in [-0.4, -0.2) is 31.1 Å². The molecule has 0 bridgehead atoms. The highest BCUT2D eigenvalue weighted by atomic mass is 35.5. The second-order valence-electron chi connectivity index (χ2n) is 6.46. The monoisotopic (exact) mass is 456 g/mol. The lowest BCUT2D eigenvalue weighted by molar-refractivity contribution is -0.115. The van der Waals surface area contributed by atoms with E-state index < -0.39 is 0 Å². The largest absolute Gasteiger partial charge is 0.326 e. The molecule has 0 fully saturated rings. The predicted molar refractivity (Wildman–Crippen MR) is 119 cm³/mol. The normalized spacial score (nSPS) is 10.9. The van der Waals surface area contributed by atoms with Crippen LogP contribution in [0.4, 0.5) is 5.69 Å². The summed E-state index contributed by atoms with van der Waals surface area (Å²) < 4.78 is 1.66. The number of carbonyl (C=O) groups is 1. The number of aromatic nitrogens is 5. The Hall–Kier alpha value is -2.75. The van der Waals surface area contributed by atoms with Gasteiger partial charge in [-0.1, -0.05) is 41.1 Å². The summed E-state index contributed by atoms with van der Waals surface area (Å²) in [5.41, 5.74) is 3.65. The van der Waals surface area contributed by atoms with Crippen LogP contribution in [0.2, 0.25) is 5.02 Å². The number of halogens is 1. The summed E-state index contributed by atoms with van der Waals surface area (Å²) >= 11 is 8.89. The van der Waals surface area contributed by atoms with E-state index in [9.17, 15) is 4.79 Å². The highest BCUT2D eigenvalue weighted by Crippen LogP contribution is 2.24. The Balaban J connectivity index is 1.34. The molecule has 0 saturated carbocycles. The van der Waals surface area contributed by atoms with Gasteiger partial charge in [-0.25, -0.2) is 4.98 Å². The second kappa shape index (κ2) is 9.38. The molecule has 4 aromatic rings. The molecule has 0 unspecified atom stereocenters. The van der Waals surface area contributed by atoms with Gasteiger partial charge in [0.1, 0.15) is 5.01 Å². The number of hydrogen-bond acceptors (Lipinski definition) is 7. The van der Waals surface area contributed by atoms with Gasteiger partial charge in [0.05, 0.1) is 17.8 Å². The maximum absolute atomic E-state index is 12.3. The third-order valence-electron chi connectivity index (χ3n) is 4.11. The van der Waals surface area contributed by atoms with E-state index in [1.807, 2.05) is 48.7 Å². The molecule has 0 radical (unpaired) electrons. The molecular formula is C20H17ClN6OS2. The third kappa shape index (κ3) is 5.24. The molecule has 4 rings (SSSR count). The minimum absolute atomic E-state index is 0.0842. The van der Waals surface area contributed by atoms with Crippen LogP contribution in [0, 0.1) is 6.92 Å². The topological polar surface area (TPSA) is 85.6 Å². The minimum atomic E-state index is -0.0842. The molecule has 7 nitrogen and oxygen atoms in total. The second-order valence-corrected chi connectivity index (χ2v) is 8.78. The molecule has 1 amide bonds. The van der Waals surface area contributed by atoms with Gasteiger partial charge in [-0.15, -0.1) is 16.4 Å². The summed E-state index contributed by atoms with van der Waals surface area (Å²) in [7, 11) is 0. The Morgan fingerprint density at radius 2 is 1.93 bits per heavy atom. The van der Waals surface area contributed by atoms with Gasteiger partial charge >= 0.3 is 0 Å². The van der Waals surface area contributed by atoms with Crippen LogP contribution in [0.3, 0.4) is 0 Å².